The van der Waals surface area contributed by atoms with Crippen molar-refractivity contribution in [1.29, 1.82) is 0 Å². The normalized spacial score (nSPS) is 19.2. The van der Waals surface area contributed by atoms with E-state index in [9.17, 15) is 4.53 Å². The smallest absolute Gasteiger partial charge is 0.154 e. The topological polar surface area (TPSA) is 35.2 Å². The molecule has 0 fully saturated rings. The molecule has 3 heteroatoms. The molecule has 2 N–H and O–H groups in total. The first-order valence-electron chi connectivity index (χ1n) is 4.46. The molecule has 0 saturated heterocycles. The first-order valence-corrected chi connectivity index (χ1v) is 4.46. The Labute approximate surface area is 74.2 Å². The molecule has 0 aromatic carbocycles. The first-order chi connectivity index (χ1) is 5.37. The maximum atomic E-state index is 11.8. The van der Waals surface area contributed by atoms with Crippen molar-refractivity contribution in [3.05, 3.63) is 0 Å². The quantitative estimate of drug-likeness (QED) is 0.655. The molecule has 0 aliphatic rings. The highest BCUT2D eigenvalue weighted by atomic mass is 19.3. The Balaban J connectivity index is 3.75. The van der Waals surface area contributed by atoms with Crippen molar-refractivity contribution >= 4 is 0 Å². The van der Waals surface area contributed by atoms with Gasteiger partial charge in [-0.1, -0.05) is 20.8 Å². The Kier molecular flexibility index (Phi) is 4.71. The highest BCUT2D eigenvalue weighted by molar-refractivity contribution is 4.69. The molecule has 0 spiro atoms. The van der Waals surface area contributed by atoms with Crippen molar-refractivity contribution in [1.82, 2.24) is 0 Å². The highest BCUT2D eigenvalue weighted by Crippen LogP contribution is 2.21. The molecule has 0 aromatic heterocycles. The summed E-state index contributed by atoms with van der Waals surface area (Å²) < 4.78 is 11.8. The van der Waals surface area contributed by atoms with Crippen LogP contribution in [-0.2, 0) is 4.94 Å². The molecule has 2 atom stereocenters. The predicted molar refractivity (Wildman–Crippen MR) is 48.0 cm³/mol. The number of rotatable bonds is 5. The van der Waals surface area contributed by atoms with E-state index in [0.29, 0.717) is 18.3 Å². The van der Waals surface area contributed by atoms with Gasteiger partial charge in [-0.15, -0.1) is 0 Å². The lowest BCUT2D eigenvalue weighted by atomic mass is 9.92. The van der Waals surface area contributed by atoms with Gasteiger partial charge in [0.05, 0.1) is 0 Å². The Bertz CT molecular complexity index is 126. The van der Waals surface area contributed by atoms with Crippen LogP contribution in [0.3, 0.4) is 0 Å². The van der Waals surface area contributed by atoms with Gasteiger partial charge in [0.15, 0.2) is 5.72 Å². The molecule has 0 amide bonds. The van der Waals surface area contributed by atoms with Crippen LogP contribution >= 0.6 is 0 Å². The molecule has 2 unspecified atom stereocenters. The minimum absolute atomic E-state index is 0.399. The van der Waals surface area contributed by atoms with Crippen molar-refractivity contribution in [3.8, 4) is 0 Å². The van der Waals surface area contributed by atoms with Crippen LogP contribution in [-0.4, -0.2) is 5.72 Å². The van der Waals surface area contributed by atoms with Crippen molar-refractivity contribution in [3.63, 3.8) is 0 Å². The van der Waals surface area contributed by atoms with E-state index in [1.165, 1.54) is 0 Å². The summed E-state index contributed by atoms with van der Waals surface area (Å²) in [6, 6.07) is 0. The van der Waals surface area contributed by atoms with Gasteiger partial charge < -0.3 is 5.73 Å². The number of hydrogen-bond donors (Lipinski definition) is 1. The minimum Gasteiger partial charge on any atom is -0.301 e. The van der Waals surface area contributed by atoms with Gasteiger partial charge in [-0.25, -0.2) is 0 Å². The fourth-order valence-electron chi connectivity index (χ4n) is 1.61. The average Bonchev–Trinajstić information content (AvgIpc) is 1.84. The maximum absolute atomic E-state index is 11.8. The monoisotopic (exact) mass is 177 g/mol. The molecule has 0 rings (SSSR count). The van der Waals surface area contributed by atoms with E-state index < -0.39 is 5.72 Å². The van der Waals surface area contributed by atoms with Crippen molar-refractivity contribution in [2.45, 2.75) is 46.3 Å². The van der Waals surface area contributed by atoms with E-state index in [2.05, 4.69) is 25.7 Å². The molecule has 12 heavy (non-hydrogen) atoms. The molecular formula is C9H20FNO. The van der Waals surface area contributed by atoms with E-state index in [1.54, 1.807) is 6.92 Å². The fraction of sp³-hybridized carbons (Fsp3) is 1.00. The Morgan fingerprint density at radius 1 is 1.42 bits per heavy atom. The van der Waals surface area contributed by atoms with Gasteiger partial charge in [0, 0.05) is 0 Å². The van der Waals surface area contributed by atoms with Crippen LogP contribution in [0.4, 0.5) is 4.53 Å². The van der Waals surface area contributed by atoms with E-state index in [0.717, 1.165) is 6.42 Å². The molecule has 0 aliphatic carbocycles. The van der Waals surface area contributed by atoms with Crippen LogP contribution in [0.25, 0.3) is 0 Å². The average molecular weight is 177 g/mol. The standard InChI is InChI=1S/C9H20FNO/c1-7(2)5-8(3)6-9(4,11)12-10/h7-8H,5-6,11H2,1-4H3. The molecule has 2 nitrogen and oxygen atoms in total. The molecule has 0 aliphatic heterocycles. The number of nitrogens with two attached hydrogens (primary N) is 1. The summed E-state index contributed by atoms with van der Waals surface area (Å²) >= 11 is 0. The second-order valence-electron chi connectivity index (χ2n) is 4.33. The van der Waals surface area contributed by atoms with Crippen LogP contribution < -0.4 is 5.73 Å². The SMILES string of the molecule is CC(C)CC(C)CC(C)(N)OF. The zero-order valence-corrected chi connectivity index (χ0v) is 8.43. The first kappa shape index (κ1) is 11.8. The molecule has 0 bridgehead atoms. The number of halogens is 1. The fourth-order valence-corrected chi connectivity index (χ4v) is 1.61. The van der Waals surface area contributed by atoms with Crippen LogP contribution in [0.15, 0.2) is 0 Å². The zero-order valence-electron chi connectivity index (χ0n) is 8.43. The summed E-state index contributed by atoms with van der Waals surface area (Å²) in [6.07, 6.45) is 1.61. The predicted octanol–water partition coefficient (Wildman–Crippen LogP) is 2.63. The lowest BCUT2D eigenvalue weighted by molar-refractivity contribution is -0.233. The highest BCUT2D eigenvalue weighted by Gasteiger charge is 2.23. The third kappa shape index (κ3) is 5.49. The van der Waals surface area contributed by atoms with Crippen LogP contribution in [0.5, 0.6) is 0 Å². The van der Waals surface area contributed by atoms with E-state index in [-0.39, 0.29) is 0 Å². The van der Waals surface area contributed by atoms with Gasteiger partial charge in [0.2, 0.25) is 0 Å². The van der Waals surface area contributed by atoms with Crippen LogP contribution in [0.1, 0.15) is 40.5 Å². The summed E-state index contributed by atoms with van der Waals surface area (Å²) in [5.74, 6) is 1.02. The summed E-state index contributed by atoms with van der Waals surface area (Å²) in [4.78, 5) is 3.67. The molecular weight excluding hydrogens is 157 g/mol. The van der Waals surface area contributed by atoms with E-state index >= 15 is 0 Å². The molecule has 0 aromatic rings. The van der Waals surface area contributed by atoms with E-state index in [4.69, 9.17) is 5.73 Å². The summed E-state index contributed by atoms with van der Waals surface area (Å²) in [7, 11) is 0. The zero-order chi connectivity index (χ0) is 9.78. The minimum atomic E-state index is -1.12. The molecule has 74 valence electrons. The maximum Gasteiger partial charge on any atom is 0.154 e. The van der Waals surface area contributed by atoms with Gasteiger partial charge in [-0.3, -0.25) is 0 Å². The van der Waals surface area contributed by atoms with Crippen molar-refractivity contribution in [2.75, 3.05) is 0 Å². The lowest BCUT2D eigenvalue weighted by Gasteiger charge is -2.23. The molecule has 0 saturated carbocycles. The van der Waals surface area contributed by atoms with E-state index in [1.807, 2.05) is 0 Å². The Morgan fingerprint density at radius 2 is 1.92 bits per heavy atom. The third-order valence-corrected chi connectivity index (χ3v) is 1.80. The largest absolute Gasteiger partial charge is 0.301 e. The second-order valence-corrected chi connectivity index (χ2v) is 4.33. The van der Waals surface area contributed by atoms with Gasteiger partial charge in [-0.2, -0.15) is 4.94 Å². The van der Waals surface area contributed by atoms with Crippen LogP contribution in [0, 0.1) is 11.8 Å². The molecule has 0 heterocycles. The Hall–Kier alpha value is -0.150. The summed E-state index contributed by atoms with van der Waals surface area (Å²) in [5.41, 5.74) is 4.38. The van der Waals surface area contributed by atoms with Crippen LogP contribution in [0.2, 0.25) is 0 Å². The summed E-state index contributed by atoms with van der Waals surface area (Å²) in [5, 5.41) is 0. The third-order valence-electron chi connectivity index (χ3n) is 1.80. The Morgan fingerprint density at radius 3 is 2.25 bits per heavy atom. The molecule has 0 radical (unpaired) electrons. The lowest BCUT2D eigenvalue weighted by Crippen LogP contribution is -2.38. The summed E-state index contributed by atoms with van der Waals surface area (Å²) in [6.45, 7) is 7.90. The van der Waals surface area contributed by atoms with Gasteiger partial charge >= 0.3 is 0 Å². The van der Waals surface area contributed by atoms with Gasteiger partial charge in [0.1, 0.15) is 0 Å². The second kappa shape index (κ2) is 4.77. The number of hydrogen-bond acceptors (Lipinski definition) is 2. The van der Waals surface area contributed by atoms with Gasteiger partial charge in [-0.05, 0) is 36.1 Å². The van der Waals surface area contributed by atoms with Crippen molar-refractivity contribution in [2.24, 2.45) is 17.6 Å². The van der Waals surface area contributed by atoms with Crippen molar-refractivity contribution < 1.29 is 9.47 Å². The van der Waals surface area contributed by atoms with Gasteiger partial charge in [0.25, 0.3) is 0 Å².